The summed E-state index contributed by atoms with van der Waals surface area (Å²) in [6, 6.07) is 3.73. The normalized spacial score (nSPS) is 11.4. The van der Waals surface area contributed by atoms with E-state index in [9.17, 15) is 19.5 Å². The van der Waals surface area contributed by atoms with E-state index in [1.165, 1.54) is 25.2 Å². The van der Waals surface area contributed by atoms with E-state index >= 15 is 0 Å². The van der Waals surface area contributed by atoms with Gasteiger partial charge < -0.3 is 21.3 Å². The van der Waals surface area contributed by atoms with Crippen LogP contribution in [0.1, 0.15) is 6.42 Å². The van der Waals surface area contributed by atoms with Gasteiger partial charge in [0.1, 0.15) is 11.8 Å². The predicted molar refractivity (Wildman–Crippen MR) is 70.3 cm³/mol. The highest BCUT2D eigenvalue weighted by molar-refractivity contribution is 5.95. The number of benzene rings is 1. The summed E-state index contributed by atoms with van der Waals surface area (Å²) in [4.78, 5) is 34.6. The second kappa shape index (κ2) is 6.41. The molecule has 1 aromatic carbocycles. The molecule has 3 amide bonds. The van der Waals surface area contributed by atoms with Gasteiger partial charge in [0.25, 0.3) is 0 Å². The van der Waals surface area contributed by atoms with Crippen LogP contribution in [0.5, 0.6) is 5.75 Å². The van der Waals surface area contributed by atoms with Crippen molar-refractivity contribution in [2.24, 2.45) is 5.73 Å². The Morgan fingerprint density at radius 1 is 1.40 bits per heavy atom. The van der Waals surface area contributed by atoms with Crippen molar-refractivity contribution >= 4 is 23.6 Å². The van der Waals surface area contributed by atoms with Gasteiger partial charge >= 0.3 is 12.0 Å². The Bertz CT molecular complexity index is 532. The first-order chi connectivity index (χ1) is 9.31. The van der Waals surface area contributed by atoms with Crippen LogP contribution in [0.2, 0.25) is 0 Å². The second-order valence-electron chi connectivity index (χ2n) is 4.09. The molecule has 0 aliphatic heterocycles. The average molecular weight is 281 g/mol. The van der Waals surface area contributed by atoms with Crippen LogP contribution in [0.25, 0.3) is 0 Å². The number of urea groups is 1. The highest BCUT2D eigenvalue weighted by Gasteiger charge is 2.24. The maximum Gasteiger partial charge on any atom is 0.326 e. The first kappa shape index (κ1) is 15.3. The van der Waals surface area contributed by atoms with Gasteiger partial charge in [-0.15, -0.1) is 0 Å². The molecule has 20 heavy (non-hydrogen) atoms. The summed E-state index contributed by atoms with van der Waals surface area (Å²) in [6.45, 7) is 0. The van der Waals surface area contributed by atoms with Crippen LogP contribution in [0.4, 0.5) is 10.5 Å². The molecule has 0 aromatic heterocycles. The van der Waals surface area contributed by atoms with E-state index < -0.39 is 30.4 Å². The number of anilines is 1. The summed E-state index contributed by atoms with van der Waals surface area (Å²) < 4.78 is 0. The number of carboxylic acid groups (broad SMARTS) is 1. The number of primary amides is 1. The minimum atomic E-state index is -1.40. The number of hydrogen-bond donors (Lipinski definition) is 4. The zero-order chi connectivity index (χ0) is 15.3. The number of nitrogens with zero attached hydrogens (tertiary/aromatic N) is 1. The molecular weight excluding hydrogens is 266 g/mol. The monoisotopic (exact) mass is 281 g/mol. The van der Waals surface area contributed by atoms with Crippen LogP contribution >= 0.6 is 0 Å². The molecule has 0 unspecified atom stereocenters. The van der Waals surface area contributed by atoms with Crippen LogP contribution in [-0.2, 0) is 9.59 Å². The maximum absolute atomic E-state index is 11.9. The third-order valence-corrected chi connectivity index (χ3v) is 2.52. The number of carboxylic acids is 1. The first-order valence-corrected chi connectivity index (χ1v) is 5.65. The minimum Gasteiger partial charge on any atom is -0.508 e. The van der Waals surface area contributed by atoms with Crippen molar-refractivity contribution in [3.8, 4) is 5.75 Å². The lowest BCUT2D eigenvalue weighted by molar-refractivity contribution is -0.140. The fourth-order valence-electron chi connectivity index (χ4n) is 1.47. The van der Waals surface area contributed by atoms with Crippen molar-refractivity contribution in [2.45, 2.75) is 12.5 Å². The number of nitrogens with two attached hydrogens (primary N) is 1. The fraction of sp³-hybridized carbons (Fsp3) is 0.250. The van der Waals surface area contributed by atoms with E-state index in [-0.39, 0.29) is 5.75 Å². The molecule has 0 fully saturated rings. The van der Waals surface area contributed by atoms with E-state index in [1.54, 1.807) is 6.07 Å². The lowest BCUT2D eigenvalue weighted by Gasteiger charge is -2.21. The Labute approximate surface area is 114 Å². The highest BCUT2D eigenvalue weighted by atomic mass is 16.4. The topological polar surface area (TPSA) is 133 Å². The van der Waals surface area contributed by atoms with E-state index in [4.69, 9.17) is 10.8 Å². The predicted octanol–water partition coefficient (Wildman–Crippen LogP) is -0.133. The zero-order valence-electron chi connectivity index (χ0n) is 10.7. The molecule has 0 heterocycles. The molecule has 0 aliphatic rings. The van der Waals surface area contributed by atoms with E-state index in [2.05, 4.69) is 5.32 Å². The number of nitrogens with one attached hydrogen (secondary N) is 1. The molecule has 8 heteroatoms. The fourth-order valence-corrected chi connectivity index (χ4v) is 1.47. The smallest absolute Gasteiger partial charge is 0.326 e. The van der Waals surface area contributed by atoms with Gasteiger partial charge in [0, 0.05) is 18.8 Å². The number of amides is 3. The largest absolute Gasteiger partial charge is 0.508 e. The summed E-state index contributed by atoms with van der Waals surface area (Å²) in [7, 11) is 1.40. The van der Waals surface area contributed by atoms with Crippen molar-refractivity contribution in [3.05, 3.63) is 24.3 Å². The minimum absolute atomic E-state index is 0.0333. The number of aromatic hydroxyl groups is 1. The zero-order valence-corrected chi connectivity index (χ0v) is 10.7. The summed E-state index contributed by atoms with van der Waals surface area (Å²) in [6.07, 6.45) is -0.505. The highest BCUT2D eigenvalue weighted by Crippen LogP contribution is 2.18. The molecule has 0 bridgehead atoms. The van der Waals surface area contributed by atoms with Gasteiger partial charge in [-0.1, -0.05) is 6.07 Å². The maximum atomic E-state index is 11.9. The molecule has 1 atom stereocenters. The van der Waals surface area contributed by atoms with Gasteiger partial charge in [0.15, 0.2) is 0 Å². The van der Waals surface area contributed by atoms with Gasteiger partial charge in [0.2, 0.25) is 5.91 Å². The van der Waals surface area contributed by atoms with Crippen molar-refractivity contribution in [2.75, 3.05) is 11.9 Å². The Morgan fingerprint density at radius 3 is 2.55 bits per heavy atom. The Balaban J connectivity index is 2.78. The van der Waals surface area contributed by atoms with Gasteiger partial charge in [0.05, 0.1) is 6.42 Å². The molecule has 1 aromatic rings. The second-order valence-corrected chi connectivity index (χ2v) is 4.09. The van der Waals surface area contributed by atoms with Gasteiger partial charge in [-0.3, -0.25) is 9.69 Å². The molecule has 1 rings (SSSR count). The number of phenols is 1. The quantitative estimate of drug-likeness (QED) is 0.596. The van der Waals surface area contributed by atoms with E-state index in [1.807, 2.05) is 0 Å². The number of rotatable bonds is 5. The third-order valence-electron chi connectivity index (χ3n) is 2.52. The molecule has 0 aliphatic carbocycles. The summed E-state index contributed by atoms with van der Waals surface area (Å²) in [5.41, 5.74) is 5.28. The number of carbonyl (C=O) groups excluding carboxylic acids is 2. The molecule has 5 N–H and O–H groups in total. The molecule has 0 saturated carbocycles. The molecular formula is C12H15N3O5. The summed E-state index contributed by atoms with van der Waals surface area (Å²) >= 11 is 0. The van der Waals surface area contributed by atoms with Crippen molar-refractivity contribution < 1.29 is 24.6 Å². The van der Waals surface area contributed by atoms with Crippen LogP contribution in [0.15, 0.2) is 24.3 Å². The van der Waals surface area contributed by atoms with Crippen LogP contribution in [0, 0.1) is 0 Å². The van der Waals surface area contributed by atoms with Gasteiger partial charge in [-0.2, -0.15) is 0 Å². The summed E-state index contributed by atoms with van der Waals surface area (Å²) in [5.74, 6) is -2.23. The van der Waals surface area contributed by atoms with Crippen molar-refractivity contribution in [1.29, 1.82) is 0 Å². The number of aliphatic carboxylic acids is 1. The lowest BCUT2D eigenvalue weighted by atomic mass is 10.2. The number of phenolic OH excluding ortho intramolecular Hbond substituents is 1. The molecule has 108 valence electrons. The molecule has 0 radical (unpaired) electrons. The Morgan fingerprint density at radius 2 is 2.05 bits per heavy atom. The number of carbonyl (C=O) groups is 3. The standard InChI is InChI=1S/C12H15N3O5/c1-15(7-3-2-4-8(16)5-7)12(20)14-9(11(18)19)6-10(13)17/h2-5,9,16H,6H2,1H3,(H2,13,17)(H,14,20)(H,18,19)/t9-/m1/s1. The van der Waals surface area contributed by atoms with Crippen LogP contribution < -0.4 is 16.0 Å². The molecule has 8 nitrogen and oxygen atoms in total. The SMILES string of the molecule is CN(C(=O)N[C@H](CC(N)=O)C(=O)O)c1cccc(O)c1. The molecule has 0 saturated heterocycles. The van der Waals surface area contributed by atoms with Gasteiger partial charge in [-0.25, -0.2) is 9.59 Å². The molecule has 0 spiro atoms. The van der Waals surface area contributed by atoms with Crippen LogP contribution in [-0.4, -0.2) is 41.2 Å². The summed E-state index contributed by atoms with van der Waals surface area (Å²) in [5, 5.41) is 20.4. The Kier molecular flexibility index (Phi) is 4.90. The van der Waals surface area contributed by atoms with Gasteiger partial charge in [-0.05, 0) is 12.1 Å². The van der Waals surface area contributed by atoms with Crippen molar-refractivity contribution in [1.82, 2.24) is 5.32 Å². The lowest BCUT2D eigenvalue weighted by Crippen LogP contribution is -2.48. The van der Waals surface area contributed by atoms with Crippen LogP contribution in [0.3, 0.4) is 0 Å². The number of hydrogen-bond acceptors (Lipinski definition) is 4. The van der Waals surface area contributed by atoms with E-state index in [0.29, 0.717) is 5.69 Å². The third kappa shape index (κ3) is 4.16. The Hall–Kier alpha value is -2.77. The van der Waals surface area contributed by atoms with Crippen molar-refractivity contribution in [3.63, 3.8) is 0 Å². The first-order valence-electron chi connectivity index (χ1n) is 5.65. The van der Waals surface area contributed by atoms with E-state index in [0.717, 1.165) is 4.90 Å². The average Bonchev–Trinajstić information content (AvgIpc) is 2.36.